The van der Waals surface area contributed by atoms with Crippen molar-refractivity contribution in [3.8, 4) is 0 Å². The predicted octanol–water partition coefficient (Wildman–Crippen LogP) is 2.69. The maximum Gasteiger partial charge on any atom is 0.285 e. The number of nitro groups is 1. The Morgan fingerprint density at radius 3 is 2.46 bits per heavy atom. The molecule has 0 atom stereocenters. The molecule has 0 aliphatic heterocycles. The number of rotatable bonds is 5. The second-order valence-corrected chi connectivity index (χ2v) is 5.18. The number of anilines is 1. The largest absolute Gasteiger partial charge is 0.343 e. The summed E-state index contributed by atoms with van der Waals surface area (Å²) in [5.41, 5.74) is -1.00. The maximum atomic E-state index is 13.5. The van der Waals surface area contributed by atoms with Crippen LogP contribution in [-0.4, -0.2) is 23.3 Å². The Morgan fingerprint density at radius 2 is 1.81 bits per heavy atom. The van der Waals surface area contributed by atoms with Crippen molar-refractivity contribution < 1.29 is 27.7 Å². The van der Waals surface area contributed by atoms with Crippen LogP contribution in [0.1, 0.15) is 15.9 Å². The van der Waals surface area contributed by atoms with E-state index in [4.69, 9.17) is 0 Å². The molecule has 0 radical (unpaired) electrons. The standard InChI is InChI=1S/C16H12F3N3O4/c1-8-3-2-4-9(15(8)22(25)26)16(24)20-7-12(23)21-11-6-5-10(17)13(18)14(11)19/h2-6H,7H2,1H3,(H,20,24)(H,21,23). The van der Waals surface area contributed by atoms with Gasteiger partial charge in [0.2, 0.25) is 5.91 Å². The Kier molecular flexibility index (Phi) is 5.55. The molecule has 2 aromatic rings. The van der Waals surface area contributed by atoms with Crippen molar-refractivity contribution in [3.63, 3.8) is 0 Å². The minimum Gasteiger partial charge on any atom is -0.343 e. The minimum atomic E-state index is -1.75. The molecule has 2 aromatic carbocycles. The van der Waals surface area contributed by atoms with E-state index in [1.54, 1.807) is 0 Å². The van der Waals surface area contributed by atoms with Gasteiger partial charge < -0.3 is 10.6 Å². The number of benzene rings is 2. The summed E-state index contributed by atoms with van der Waals surface area (Å²) in [5, 5.41) is 15.2. The summed E-state index contributed by atoms with van der Waals surface area (Å²) in [5.74, 6) is -6.57. The van der Waals surface area contributed by atoms with E-state index in [1.165, 1.54) is 25.1 Å². The maximum absolute atomic E-state index is 13.5. The van der Waals surface area contributed by atoms with Gasteiger partial charge in [-0.3, -0.25) is 19.7 Å². The van der Waals surface area contributed by atoms with Crippen molar-refractivity contribution in [2.45, 2.75) is 6.92 Å². The summed E-state index contributed by atoms with van der Waals surface area (Å²) >= 11 is 0. The zero-order valence-corrected chi connectivity index (χ0v) is 13.3. The van der Waals surface area contributed by atoms with Gasteiger partial charge in [-0.05, 0) is 25.1 Å². The van der Waals surface area contributed by atoms with Gasteiger partial charge >= 0.3 is 0 Å². The van der Waals surface area contributed by atoms with E-state index < -0.39 is 52.1 Å². The number of halogens is 3. The van der Waals surface area contributed by atoms with Crippen LogP contribution in [0.15, 0.2) is 30.3 Å². The highest BCUT2D eigenvalue weighted by Crippen LogP contribution is 2.23. The van der Waals surface area contributed by atoms with E-state index in [0.717, 1.165) is 6.07 Å². The van der Waals surface area contributed by atoms with Gasteiger partial charge in [-0.1, -0.05) is 12.1 Å². The molecule has 0 saturated carbocycles. The molecule has 7 nitrogen and oxygen atoms in total. The molecule has 0 aliphatic rings. The monoisotopic (exact) mass is 367 g/mol. The lowest BCUT2D eigenvalue weighted by Crippen LogP contribution is -2.33. The molecule has 0 aliphatic carbocycles. The third-order valence-electron chi connectivity index (χ3n) is 3.38. The first kappa shape index (κ1) is 18.9. The van der Waals surface area contributed by atoms with Gasteiger partial charge in [0.15, 0.2) is 17.5 Å². The molecule has 0 aromatic heterocycles. The van der Waals surface area contributed by atoms with Crippen LogP contribution in [-0.2, 0) is 4.79 Å². The number of para-hydroxylation sites is 1. The first-order valence-corrected chi connectivity index (χ1v) is 7.18. The molecule has 0 saturated heterocycles. The quantitative estimate of drug-likeness (QED) is 0.482. The van der Waals surface area contributed by atoms with Crippen molar-refractivity contribution >= 4 is 23.2 Å². The molecule has 26 heavy (non-hydrogen) atoms. The third kappa shape index (κ3) is 3.97. The molecule has 0 bridgehead atoms. The van der Waals surface area contributed by atoms with Crippen molar-refractivity contribution in [1.29, 1.82) is 0 Å². The number of carbonyl (C=O) groups is 2. The topological polar surface area (TPSA) is 101 Å². The number of amides is 2. The highest BCUT2D eigenvalue weighted by atomic mass is 19.2. The normalized spacial score (nSPS) is 10.3. The van der Waals surface area contributed by atoms with E-state index in [-0.39, 0.29) is 11.1 Å². The zero-order chi connectivity index (χ0) is 19.4. The first-order valence-electron chi connectivity index (χ1n) is 7.18. The molecular formula is C16H12F3N3O4. The Hall–Kier alpha value is -3.43. The molecule has 10 heteroatoms. The number of aryl methyl sites for hydroxylation is 1. The summed E-state index contributed by atoms with van der Waals surface area (Å²) in [6.45, 7) is 0.788. The molecule has 2 amide bonds. The minimum absolute atomic E-state index is 0.248. The van der Waals surface area contributed by atoms with Crippen LogP contribution in [0.4, 0.5) is 24.5 Å². The molecule has 0 heterocycles. The fraction of sp³-hybridized carbons (Fsp3) is 0.125. The number of carbonyl (C=O) groups excluding carboxylic acids is 2. The van der Waals surface area contributed by atoms with Gasteiger partial charge in [-0.15, -0.1) is 0 Å². The summed E-state index contributed by atoms with van der Waals surface area (Å²) in [7, 11) is 0. The fourth-order valence-electron chi connectivity index (χ4n) is 2.16. The van der Waals surface area contributed by atoms with E-state index in [1.807, 2.05) is 5.32 Å². The van der Waals surface area contributed by atoms with E-state index in [2.05, 4.69) is 5.32 Å². The van der Waals surface area contributed by atoms with Crippen molar-refractivity contribution in [2.75, 3.05) is 11.9 Å². The summed E-state index contributed by atoms with van der Waals surface area (Å²) < 4.78 is 39.4. The Morgan fingerprint density at radius 1 is 1.12 bits per heavy atom. The van der Waals surface area contributed by atoms with Crippen LogP contribution in [0.5, 0.6) is 0 Å². The third-order valence-corrected chi connectivity index (χ3v) is 3.38. The van der Waals surface area contributed by atoms with Gasteiger partial charge in [-0.2, -0.15) is 0 Å². The molecular weight excluding hydrogens is 355 g/mol. The highest BCUT2D eigenvalue weighted by Gasteiger charge is 2.23. The van der Waals surface area contributed by atoms with Crippen LogP contribution < -0.4 is 10.6 Å². The molecule has 0 fully saturated rings. The Labute approximate surface area is 145 Å². The number of nitrogens with zero attached hydrogens (tertiary/aromatic N) is 1. The van der Waals surface area contributed by atoms with Gasteiger partial charge in [-0.25, -0.2) is 13.2 Å². The summed E-state index contributed by atoms with van der Waals surface area (Å²) in [6.07, 6.45) is 0. The average Bonchev–Trinajstić information content (AvgIpc) is 2.59. The number of hydrogen-bond acceptors (Lipinski definition) is 4. The lowest BCUT2D eigenvalue weighted by atomic mass is 10.1. The number of nitrogens with one attached hydrogen (secondary N) is 2. The van der Waals surface area contributed by atoms with Gasteiger partial charge in [0.25, 0.3) is 11.6 Å². The van der Waals surface area contributed by atoms with Crippen LogP contribution in [0.25, 0.3) is 0 Å². The zero-order valence-electron chi connectivity index (χ0n) is 13.3. The fourth-order valence-corrected chi connectivity index (χ4v) is 2.16. The molecule has 0 unspecified atom stereocenters. The number of hydrogen-bond donors (Lipinski definition) is 2. The summed E-state index contributed by atoms with van der Waals surface area (Å²) in [6, 6.07) is 5.55. The van der Waals surface area contributed by atoms with Gasteiger partial charge in [0.05, 0.1) is 17.2 Å². The second-order valence-electron chi connectivity index (χ2n) is 5.18. The van der Waals surface area contributed by atoms with Crippen molar-refractivity contribution in [3.05, 3.63) is 69.0 Å². The molecule has 2 N–H and O–H groups in total. The average molecular weight is 367 g/mol. The highest BCUT2D eigenvalue weighted by molar-refractivity contribution is 6.02. The van der Waals surface area contributed by atoms with E-state index >= 15 is 0 Å². The SMILES string of the molecule is Cc1cccc(C(=O)NCC(=O)Nc2ccc(F)c(F)c2F)c1[N+](=O)[O-]. The van der Waals surface area contributed by atoms with Gasteiger partial charge in [0, 0.05) is 5.56 Å². The predicted molar refractivity (Wildman–Crippen MR) is 85.1 cm³/mol. The van der Waals surface area contributed by atoms with Crippen molar-refractivity contribution in [2.24, 2.45) is 0 Å². The molecule has 2 rings (SSSR count). The molecule has 136 valence electrons. The van der Waals surface area contributed by atoms with Crippen molar-refractivity contribution in [1.82, 2.24) is 5.32 Å². The Balaban J connectivity index is 2.07. The smallest absolute Gasteiger partial charge is 0.285 e. The van der Waals surface area contributed by atoms with Gasteiger partial charge in [0.1, 0.15) is 5.56 Å². The van der Waals surface area contributed by atoms with Crippen LogP contribution >= 0.6 is 0 Å². The van der Waals surface area contributed by atoms with E-state index in [0.29, 0.717) is 6.07 Å². The second kappa shape index (κ2) is 7.64. The van der Waals surface area contributed by atoms with Crippen LogP contribution in [0.3, 0.4) is 0 Å². The number of nitro benzene ring substituents is 1. The van der Waals surface area contributed by atoms with Crippen LogP contribution in [0, 0.1) is 34.5 Å². The Bertz CT molecular complexity index is 903. The lowest BCUT2D eigenvalue weighted by Gasteiger charge is -2.09. The molecule has 0 spiro atoms. The first-order chi connectivity index (χ1) is 12.2. The van der Waals surface area contributed by atoms with E-state index in [9.17, 15) is 32.9 Å². The summed E-state index contributed by atoms with van der Waals surface area (Å²) in [4.78, 5) is 34.1. The lowest BCUT2D eigenvalue weighted by molar-refractivity contribution is -0.385. The van der Waals surface area contributed by atoms with Crippen LogP contribution in [0.2, 0.25) is 0 Å².